The highest BCUT2D eigenvalue weighted by Crippen LogP contribution is 2.33. The predicted octanol–water partition coefficient (Wildman–Crippen LogP) is 17.4. The second-order valence-electron chi connectivity index (χ2n) is 17.9. The second-order valence-corrected chi connectivity index (χ2v) is 17.9. The van der Waals surface area contributed by atoms with Crippen LogP contribution in [0.15, 0.2) is 85.2 Å². The number of unbranched alkanes of at least 4 members (excludes halogenated alkanes) is 22. The summed E-state index contributed by atoms with van der Waals surface area (Å²) in [5, 5.41) is 6.81. The average molecular weight is 877 g/mol. The molecule has 3 aromatic carbocycles. The molecule has 3 rings (SSSR count). The standard InChI is InChI=1S/C58H88N2O4/c1-5-9-13-17-21-23-27-31-49-33-35-50(36-34-49)56(61)42-44-60-55-48-58(64-46-30-26-20-16-12-8-4)52(32-28-24-22-18-14-10-6-2)47-54(55)59-43-41-57(62)51-37-39-53(40-38-51)63-45-29-25-19-15-11-7-3/h33-44,47-48,59-60H,5-32,45-46H2,1-4H3/b43-41-,44-42-. The molecule has 6 nitrogen and oxygen atoms in total. The van der Waals surface area contributed by atoms with Crippen LogP contribution in [0.2, 0.25) is 0 Å². The maximum atomic E-state index is 13.3. The number of carbonyl (C=O) groups is 2. The van der Waals surface area contributed by atoms with Gasteiger partial charge in [-0.3, -0.25) is 9.59 Å². The molecule has 0 unspecified atom stereocenters. The van der Waals surface area contributed by atoms with Gasteiger partial charge in [0, 0.05) is 41.7 Å². The van der Waals surface area contributed by atoms with Gasteiger partial charge in [-0.1, -0.05) is 193 Å². The van der Waals surface area contributed by atoms with Crippen LogP contribution >= 0.6 is 0 Å². The summed E-state index contributed by atoms with van der Waals surface area (Å²) in [6.07, 6.45) is 40.8. The van der Waals surface area contributed by atoms with Crippen LogP contribution in [0, 0.1) is 0 Å². The monoisotopic (exact) mass is 877 g/mol. The third-order valence-electron chi connectivity index (χ3n) is 12.2. The molecule has 0 saturated heterocycles. The van der Waals surface area contributed by atoms with Gasteiger partial charge < -0.3 is 20.1 Å². The molecule has 64 heavy (non-hydrogen) atoms. The molecule has 0 amide bonds. The van der Waals surface area contributed by atoms with Gasteiger partial charge in [-0.15, -0.1) is 0 Å². The van der Waals surface area contributed by atoms with Gasteiger partial charge in [0.15, 0.2) is 11.6 Å². The fourth-order valence-electron chi connectivity index (χ4n) is 8.05. The van der Waals surface area contributed by atoms with Crippen LogP contribution in [0.25, 0.3) is 0 Å². The van der Waals surface area contributed by atoms with Gasteiger partial charge in [0.05, 0.1) is 24.6 Å². The maximum Gasteiger partial charge on any atom is 0.187 e. The number of aryl methyl sites for hydroxylation is 2. The minimum absolute atomic E-state index is 0.0519. The minimum atomic E-state index is -0.0920. The summed E-state index contributed by atoms with van der Waals surface area (Å²) < 4.78 is 12.5. The summed E-state index contributed by atoms with van der Waals surface area (Å²) >= 11 is 0. The smallest absolute Gasteiger partial charge is 0.187 e. The molecule has 0 fully saturated rings. The van der Waals surface area contributed by atoms with Gasteiger partial charge in [-0.05, 0) is 80.0 Å². The topological polar surface area (TPSA) is 76.7 Å². The molecule has 6 heteroatoms. The fraction of sp³-hybridized carbons (Fsp3) is 0.586. The number of allylic oxidation sites excluding steroid dienone is 2. The number of carbonyl (C=O) groups excluding carboxylic acids is 2. The van der Waals surface area contributed by atoms with Gasteiger partial charge in [0.1, 0.15) is 11.5 Å². The third kappa shape index (κ3) is 24.1. The van der Waals surface area contributed by atoms with E-state index in [4.69, 9.17) is 9.47 Å². The van der Waals surface area contributed by atoms with Crippen molar-refractivity contribution in [1.82, 2.24) is 0 Å². The van der Waals surface area contributed by atoms with Gasteiger partial charge in [0.2, 0.25) is 0 Å². The highest BCUT2D eigenvalue weighted by atomic mass is 16.5. The SMILES string of the molecule is CCCCCCCCCc1ccc(C(=O)/C=C\Nc2cc(OCCCCCCCC)c(CCCCCCCCC)cc2N/C=C\C(=O)c2ccc(OCCCCCCCC)cc2)cc1. The van der Waals surface area contributed by atoms with E-state index in [1.165, 1.54) is 147 Å². The van der Waals surface area contributed by atoms with Gasteiger partial charge in [0.25, 0.3) is 0 Å². The number of hydrogen-bond donors (Lipinski definition) is 2. The molecule has 0 aliphatic heterocycles. The van der Waals surface area contributed by atoms with Crippen molar-refractivity contribution < 1.29 is 19.1 Å². The molecule has 3 aromatic rings. The summed E-state index contributed by atoms with van der Waals surface area (Å²) in [5.74, 6) is 1.52. The predicted molar refractivity (Wildman–Crippen MR) is 275 cm³/mol. The van der Waals surface area contributed by atoms with Crippen molar-refractivity contribution in [3.63, 3.8) is 0 Å². The van der Waals surface area contributed by atoms with E-state index >= 15 is 0 Å². The van der Waals surface area contributed by atoms with Crippen LogP contribution in [0.3, 0.4) is 0 Å². The number of ether oxygens (including phenoxy) is 2. The summed E-state index contributed by atoms with van der Waals surface area (Å²) in [5.41, 5.74) is 5.31. The first-order valence-electron chi connectivity index (χ1n) is 26.0. The van der Waals surface area contributed by atoms with Crippen molar-refractivity contribution in [2.45, 2.75) is 207 Å². The first-order chi connectivity index (χ1) is 31.5. The third-order valence-corrected chi connectivity index (χ3v) is 12.2. The van der Waals surface area contributed by atoms with Crippen LogP contribution in [-0.2, 0) is 12.8 Å². The summed E-state index contributed by atoms with van der Waals surface area (Å²) in [7, 11) is 0. The van der Waals surface area contributed by atoms with Gasteiger partial charge in [-0.2, -0.15) is 0 Å². The Hall–Kier alpha value is -4.32. The number of anilines is 2. The Kier molecular flexibility index (Phi) is 30.4. The van der Waals surface area contributed by atoms with Crippen LogP contribution in [0.4, 0.5) is 11.4 Å². The van der Waals surface area contributed by atoms with E-state index in [1.54, 1.807) is 24.6 Å². The van der Waals surface area contributed by atoms with E-state index < -0.39 is 0 Å². The molecule has 2 N–H and O–H groups in total. The largest absolute Gasteiger partial charge is 0.494 e. The van der Waals surface area contributed by atoms with Gasteiger partial charge in [-0.25, -0.2) is 0 Å². The normalized spacial score (nSPS) is 11.4. The highest BCUT2D eigenvalue weighted by molar-refractivity contribution is 6.05. The lowest BCUT2D eigenvalue weighted by Gasteiger charge is -2.17. The molecule has 0 atom stereocenters. The molecule has 0 heterocycles. The first kappa shape index (κ1) is 54.0. The van der Waals surface area contributed by atoms with E-state index in [2.05, 4.69) is 62.6 Å². The van der Waals surface area contributed by atoms with E-state index in [-0.39, 0.29) is 11.6 Å². The molecule has 0 bridgehead atoms. The Labute approximate surface area is 390 Å². The van der Waals surface area contributed by atoms with Crippen molar-refractivity contribution >= 4 is 22.9 Å². The van der Waals surface area contributed by atoms with Crippen LogP contribution < -0.4 is 20.1 Å². The summed E-state index contributed by atoms with van der Waals surface area (Å²) in [6.45, 7) is 10.4. The van der Waals surface area contributed by atoms with Crippen molar-refractivity contribution in [2.75, 3.05) is 23.8 Å². The van der Waals surface area contributed by atoms with Crippen LogP contribution in [0.1, 0.15) is 226 Å². The van der Waals surface area contributed by atoms with Crippen molar-refractivity contribution in [3.8, 4) is 11.5 Å². The Bertz CT molecular complexity index is 1580. The van der Waals surface area contributed by atoms with Crippen molar-refractivity contribution in [2.24, 2.45) is 0 Å². The van der Waals surface area contributed by atoms with E-state index in [0.29, 0.717) is 24.3 Å². The lowest BCUT2D eigenvalue weighted by molar-refractivity contribution is 0.103. The van der Waals surface area contributed by atoms with Crippen LogP contribution in [-0.4, -0.2) is 24.8 Å². The Morgan fingerprint density at radius 1 is 0.438 bits per heavy atom. The molecule has 0 saturated carbocycles. The fourth-order valence-corrected chi connectivity index (χ4v) is 8.05. The molecule has 0 radical (unpaired) electrons. The van der Waals surface area contributed by atoms with Crippen molar-refractivity contribution in [1.29, 1.82) is 0 Å². The molecule has 0 aliphatic carbocycles. The second kappa shape index (κ2) is 36.0. The lowest BCUT2D eigenvalue weighted by atomic mass is 10.0. The number of rotatable bonds is 40. The highest BCUT2D eigenvalue weighted by Gasteiger charge is 2.12. The summed E-state index contributed by atoms with van der Waals surface area (Å²) in [4.78, 5) is 26.6. The number of nitrogens with one attached hydrogen (secondary N) is 2. The number of ketones is 2. The summed E-state index contributed by atoms with van der Waals surface area (Å²) in [6, 6.07) is 19.7. The minimum Gasteiger partial charge on any atom is -0.494 e. The molecule has 0 aromatic heterocycles. The van der Waals surface area contributed by atoms with Crippen LogP contribution in [0.5, 0.6) is 11.5 Å². The average Bonchev–Trinajstić information content (AvgIpc) is 3.31. The quantitative estimate of drug-likeness (QED) is 0.0337. The lowest BCUT2D eigenvalue weighted by Crippen LogP contribution is -2.05. The zero-order chi connectivity index (χ0) is 45.7. The first-order valence-corrected chi connectivity index (χ1v) is 26.0. The van der Waals surface area contributed by atoms with Gasteiger partial charge >= 0.3 is 0 Å². The van der Waals surface area contributed by atoms with E-state index in [1.807, 2.05) is 36.4 Å². The Balaban J connectivity index is 1.73. The molecule has 0 spiro atoms. The molecule has 354 valence electrons. The molecule has 0 aliphatic rings. The molecular formula is C58H88N2O4. The Morgan fingerprint density at radius 2 is 0.828 bits per heavy atom. The maximum absolute atomic E-state index is 13.3. The van der Waals surface area contributed by atoms with E-state index in [9.17, 15) is 9.59 Å². The Morgan fingerprint density at radius 3 is 1.31 bits per heavy atom. The molecular weight excluding hydrogens is 789 g/mol. The number of benzene rings is 3. The number of hydrogen-bond acceptors (Lipinski definition) is 6. The van der Waals surface area contributed by atoms with E-state index in [0.717, 1.165) is 67.0 Å². The zero-order valence-electron chi connectivity index (χ0n) is 40.9. The van der Waals surface area contributed by atoms with Crippen molar-refractivity contribution in [3.05, 3.63) is 107 Å². The zero-order valence-corrected chi connectivity index (χ0v) is 40.9.